The van der Waals surface area contributed by atoms with Crippen LogP contribution in [0.15, 0.2) is 48.5 Å². The number of piperazine rings is 1. The lowest BCUT2D eigenvalue weighted by atomic mass is 9.82. The molecule has 2 saturated heterocycles. The van der Waals surface area contributed by atoms with E-state index in [4.69, 9.17) is 4.74 Å². The van der Waals surface area contributed by atoms with E-state index >= 15 is 0 Å². The summed E-state index contributed by atoms with van der Waals surface area (Å²) in [7, 11) is 0. The molecule has 8 nitrogen and oxygen atoms in total. The molecule has 168 valence electrons. The van der Waals surface area contributed by atoms with Gasteiger partial charge in [0.15, 0.2) is 0 Å². The molecule has 2 fully saturated rings. The number of benzene rings is 2. The zero-order valence-electron chi connectivity index (χ0n) is 18.1. The molecular weight excluding hydrogens is 408 g/mol. The number of carbonyl (C=O) groups excluding carboxylic acids is 1. The Morgan fingerprint density at radius 3 is 2.59 bits per heavy atom. The molecule has 0 unspecified atom stereocenters. The number of non-ortho nitro benzene ring substituents is 1. The first kappa shape index (κ1) is 20.9. The zero-order valence-corrected chi connectivity index (χ0v) is 18.1. The minimum Gasteiger partial charge on any atom is -0.378 e. The molecule has 2 aromatic carbocycles. The molecule has 32 heavy (non-hydrogen) atoms. The van der Waals surface area contributed by atoms with Crippen molar-refractivity contribution in [2.45, 2.75) is 19.0 Å². The monoisotopic (exact) mass is 436 g/mol. The minimum absolute atomic E-state index is 0.0526. The second kappa shape index (κ2) is 8.88. The van der Waals surface area contributed by atoms with E-state index in [0.717, 1.165) is 37.4 Å². The maximum Gasteiger partial charge on any atom is 0.269 e. The fourth-order valence-electron chi connectivity index (χ4n) is 5.27. The molecule has 2 atom stereocenters. The molecule has 5 rings (SSSR count). The number of carbonyl (C=O) groups is 1. The Kier molecular flexibility index (Phi) is 5.80. The average Bonchev–Trinajstić information content (AvgIpc) is 2.83. The first-order valence-corrected chi connectivity index (χ1v) is 11.3. The van der Waals surface area contributed by atoms with E-state index in [2.05, 4.69) is 34.1 Å². The van der Waals surface area contributed by atoms with Crippen molar-refractivity contribution in [3.05, 3.63) is 69.8 Å². The second-order valence-corrected chi connectivity index (χ2v) is 8.80. The molecule has 0 saturated carbocycles. The van der Waals surface area contributed by atoms with Crippen LogP contribution in [0.3, 0.4) is 0 Å². The van der Waals surface area contributed by atoms with E-state index in [1.165, 1.54) is 5.56 Å². The normalized spacial score (nSPS) is 23.4. The van der Waals surface area contributed by atoms with Gasteiger partial charge in [-0.1, -0.05) is 30.3 Å². The number of morpholine rings is 1. The molecule has 2 aromatic rings. The summed E-state index contributed by atoms with van der Waals surface area (Å²) < 4.78 is 5.44. The van der Waals surface area contributed by atoms with Gasteiger partial charge < -0.3 is 14.5 Å². The van der Waals surface area contributed by atoms with Gasteiger partial charge in [-0.05, 0) is 23.6 Å². The summed E-state index contributed by atoms with van der Waals surface area (Å²) in [4.78, 5) is 31.2. The van der Waals surface area contributed by atoms with Gasteiger partial charge in [-0.3, -0.25) is 19.8 Å². The van der Waals surface area contributed by atoms with Crippen LogP contribution >= 0.6 is 0 Å². The number of hydrogen-bond donors (Lipinski definition) is 0. The number of anilines is 1. The molecule has 0 bridgehead atoms. The van der Waals surface area contributed by atoms with Gasteiger partial charge in [-0.2, -0.15) is 0 Å². The third-order valence-electron chi connectivity index (χ3n) is 6.88. The number of fused-ring (bicyclic) bond motifs is 3. The van der Waals surface area contributed by atoms with Crippen LogP contribution in [0.4, 0.5) is 11.4 Å². The molecular formula is C24H28N4O4. The Hall–Kier alpha value is -2.97. The lowest BCUT2D eigenvalue weighted by Crippen LogP contribution is -2.61. The molecule has 3 aliphatic heterocycles. The van der Waals surface area contributed by atoms with E-state index < -0.39 is 0 Å². The Morgan fingerprint density at radius 2 is 1.84 bits per heavy atom. The summed E-state index contributed by atoms with van der Waals surface area (Å²) in [6.07, 6.45) is 0.535. The molecule has 0 N–H and O–H groups in total. The smallest absolute Gasteiger partial charge is 0.269 e. The highest BCUT2D eigenvalue weighted by Crippen LogP contribution is 2.38. The van der Waals surface area contributed by atoms with Crippen molar-refractivity contribution in [3.63, 3.8) is 0 Å². The van der Waals surface area contributed by atoms with E-state index in [9.17, 15) is 14.9 Å². The van der Waals surface area contributed by atoms with Crippen molar-refractivity contribution < 1.29 is 14.5 Å². The summed E-state index contributed by atoms with van der Waals surface area (Å²) in [5.41, 5.74) is 3.29. The third-order valence-corrected chi connectivity index (χ3v) is 6.88. The van der Waals surface area contributed by atoms with Crippen LogP contribution in [-0.4, -0.2) is 72.6 Å². The van der Waals surface area contributed by atoms with Gasteiger partial charge in [0.1, 0.15) is 0 Å². The number of nitro benzene ring substituents is 1. The van der Waals surface area contributed by atoms with Crippen LogP contribution in [0.25, 0.3) is 0 Å². The summed E-state index contributed by atoms with van der Waals surface area (Å²) in [5, 5.41) is 11.3. The van der Waals surface area contributed by atoms with E-state index in [1.807, 2.05) is 17.0 Å². The number of hydrogen-bond acceptors (Lipinski definition) is 6. The SMILES string of the molecule is O=C([C@H]1Cc2cc([N+](=O)[O-])ccc2N2CCN(Cc3ccccc3)C[C@@H]12)N1CCOCC1. The number of nitro groups is 1. The van der Waals surface area contributed by atoms with E-state index in [0.29, 0.717) is 32.7 Å². The van der Waals surface area contributed by atoms with Crippen molar-refractivity contribution in [2.24, 2.45) is 5.92 Å². The van der Waals surface area contributed by atoms with Crippen molar-refractivity contribution in [2.75, 3.05) is 50.8 Å². The predicted octanol–water partition coefficient (Wildman–Crippen LogP) is 2.32. The van der Waals surface area contributed by atoms with E-state index in [-0.39, 0.29) is 28.5 Å². The van der Waals surface area contributed by atoms with Gasteiger partial charge in [0, 0.05) is 57.1 Å². The Morgan fingerprint density at radius 1 is 1.06 bits per heavy atom. The fraction of sp³-hybridized carbons (Fsp3) is 0.458. The van der Waals surface area contributed by atoms with Gasteiger partial charge in [0.2, 0.25) is 5.91 Å². The summed E-state index contributed by atoms with van der Waals surface area (Å²) in [5.74, 6) is -0.0804. The molecule has 3 aliphatic rings. The highest BCUT2D eigenvalue weighted by molar-refractivity contribution is 5.82. The van der Waals surface area contributed by atoms with Gasteiger partial charge >= 0.3 is 0 Å². The van der Waals surface area contributed by atoms with Gasteiger partial charge in [0.25, 0.3) is 5.69 Å². The lowest BCUT2D eigenvalue weighted by molar-refractivity contribution is -0.384. The Labute approximate surface area is 187 Å². The second-order valence-electron chi connectivity index (χ2n) is 8.80. The van der Waals surface area contributed by atoms with Crippen LogP contribution in [0, 0.1) is 16.0 Å². The van der Waals surface area contributed by atoms with Gasteiger partial charge in [-0.15, -0.1) is 0 Å². The van der Waals surface area contributed by atoms with Crippen molar-refractivity contribution in [1.29, 1.82) is 0 Å². The van der Waals surface area contributed by atoms with Crippen LogP contribution < -0.4 is 4.90 Å². The van der Waals surface area contributed by atoms with Crippen LogP contribution in [-0.2, 0) is 22.5 Å². The molecule has 1 amide bonds. The number of rotatable bonds is 4. The molecule has 0 aromatic heterocycles. The quantitative estimate of drug-likeness (QED) is 0.541. The Bertz CT molecular complexity index is 993. The highest BCUT2D eigenvalue weighted by atomic mass is 16.6. The van der Waals surface area contributed by atoms with Crippen LogP contribution in [0.5, 0.6) is 0 Å². The average molecular weight is 437 g/mol. The molecule has 3 heterocycles. The predicted molar refractivity (Wildman–Crippen MR) is 121 cm³/mol. The molecule has 0 radical (unpaired) electrons. The number of nitrogens with zero attached hydrogens (tertiary/aromatic N) is 4. The van der Waals surface area contributed by atoms with Gasteiger partial charge in [-0.25, -0.2) is 0 Å². The van der Waals surface area contributed by atoms with Crippen LogP contribution in [0.1, 0.15) is 11.1 Å². The van der Waals surface area contributed by atoms with Crippen LogP contribution in [0.2, 0.25) is 0 Å². The number of amides is 1. The third kappa shape index (κ3) is 4.08. The summed E-state index contributed by atoms with van der Waals surface area (Å²) >= 11 is 0. The topological polar surface area (TPSA) is 79.2 Å². The van der Waals surface area contributed by atoms with Crippen molar-refractivity contribution in [1.82, 2.24) is 9.80 Å². The fourth-order valence-corrected chi connectivity index (χ4v) is 5.27. The maximum absolute atomic E-state index is 13.6. The molecule has 8 heteroatoms. The Balaban J connectivity index is 1.44. The maximum atomic E-state index is 13.6. The van der Waals surface area contributed by atoms with E-state index in [1.54, 1.807) is 12.1 Å². The first-order chi connectivity index (χ1) is 15.6. The minimum atomic E-state index is -0.358. The standard InChI is InChI=1S/C24H28N4O4/c29-24(26-10-12-32-13-11-26)21-15-19-14-20(28(30)31)6-7-22(19)27-9-8-25(17-23(21)27)16-18-4-2-1-3-5-18/h1-7,14,21,23H,8-13,15-17H2/t21-,23-/m0/s1. The number of ether oxygens (including phenoxy) is 1. The lowest BCUT2D eigenvalue weighted by Gasteiger charge is -2.50. The first-order valence-electron chi connectivity index (χ1n) is 11.3. The summed E-state index contributed by atoms with van der Waals surface area (Å²) in [6.45, 7) is 5.69. The van der Waals surface area contributed by atoms with Crippen molar-refractivity contribution in [3.8, 4) is 0 Å². The molecule has 0 spiro atoms. The van der Waals surface area contributed by atoms with Crippen molar-refractivity contribution >= 4 is 17.3 Å². The largest absolute Gasteiger partial charge is 0.378 e. The summed E-state index contributed by atoms with van der Waals surface area (Å²) in [6, 6.07) is 15.6. The zero-order chi connectivity index (χ0) is 22.1. The molecule has 0 aliphatic carbocycles. The highest BCUT2D eigenvalue weighted by Gasteiger charge is 2.43. The van der Waals surface area contributed by atoms with Gasteiger partial charge in [0.05, 0.1) is 30.1 Å².